The van der Waals surface area contributed by atoms with Crippen molar-refractivity contribution in [1.29, 1.82) is 0 Å². The van der Waals surface area contributed by atoms with Gasteiger partial charge >= 0.3 is 0 Å². The van der Waals surface area contributed by atoms with Gasteiger partial charge in [0.1, 0.15) is 0 Å². The molecule has 5 nitrogen and oxygen atoms in total. The van der Waals surface area contributed by atoms with Gasteiger partial charge in [-0.25, -0.2) is 0 Å². The first-order chi connectivity index (χ1) is 9.65. The number of nitrogens with one attached hydrogen (secondary N) is 2. The van der Waals surface area contributed by atoms with E-state index in [1.807, 2.05) is 4.90 Å². The minimum absolute atomic E-state index is 0. The van der Waals surface area contributed by atoms with Gasteiger partial charge < -0.3 is 15.2 Å². The van der Waals surface area contributed by atoms with Crippen LogP contribution in [0, 0.1) is 11.8 Å². The van der Waals surface area contributed by atoms with Gasteiger partial charge in [0.25, 0.3) is 11.5 Å². The molecule has 1 aromatic rings. The standard InChI is InChI=1S/C14H18BrN3O2.ClH/c15-12-5-11(8-17-13(12)19)14(20)18-3-1-9-6-16-7-10(9)2-4-18;/h5,8-10,16H,1-4,6-7H2,(H,17,19);1H/t9-,10+;. The summed E-state index contributed by atoms with van der Waals surface area (Å²) in [5, 5.41) is 3.43. The minimum Gasteiger partial charge on any atom is -0.339 e. The number of fused-ring (bicyclic) bond motifs is 1. The lowest BCUT2D eigenvalue weighted by molar-refractivity contribution is 0.0758. The lowest BCUT2D eigenvalue weighted by Crippen LogP contribution is -2.33. The summed E-state index contributed by atoms with van der Waals surface area (Å²) in [6, 6.07) is 1.61. The third kappa shape index (κ3) is 3.49. The molecule has 1 amide bonds. The number of pyridine rings is 1. The topological polar surface area (TPSA) is 65.2 Å². The van der Waals surface area contributed by atoms with Gasteiger partial charge in [-0.2, -0.15) is 0 Å². The third-order valence-electron chi connectivity index (χ3n) is 4.41. The summed E-state index contributed by atoms with van der Waals surface area (Å²) in [6.07, 6.45) is 3.63. The first-order valence-electron chi connectivity index (χ1n) is 7.03. The Hall–Kier alpha value is -0.850. The zero-order valence-electron chi connectivity index (χ0n) is 11.6. The van der Waals surface area contributed by atoms with Crippen LogP contribution in [0.15, 0.2) is 21.5 Å². The van der Waals surface area contributed by atoms with E-state index in [1.54, 1.807) is 6.07 Å². The van der Waals surface area contributed by atoms with Crippen molar-refractivity contribution in [3.05, 3.63) is 32.7 Å². The van der Waals surface area contributed by atoms with Crippen molar-refractivity contribution in [3.8, 4) is 0 Å². The smallest absolute Gasteiger partial charge is 0.262 e. The number of carbonyl (C=O) groups is 1. The van der Waals surface area contributed by atoms with E-state index in [0.29, 0.717) is 21.9 Å². The highest BCUT2D eigenvalue weighted by Crippen LogP contribution is 2.27. The first-order valence-corrected chi connectivity index (χ1v) is 7.82. The molecule has 2 N–H and O–H groups in total. The molecule has 2 aliphatic heterocycles. The second-order valence-electron chi connectivity index (χ2n) is 5.61. The van der Waals surface area contributed by atoms with Gasteiger partial charge in [-0.15, -0.1) is 12.4 Å². The van der Waals surface area contributed by atoms with E-state index in [-0.39, 0.29) is 23.9 Å². The fraction of sp³-hybridized carbons (Fsp3) is 0.571. The molecule has 3 rings (SSSR count). The molecule has 7 heteroatoms. The molecule has 116 valence electrons. The average Bonchev–Trinajstić information content (AvgIpc) is 2.80. The highest BCUT2D eigenvalue weighted by Gasteiger charge is 2.31. The molecule has 0 radical (unpaired) electrons. The van der Waals surface area contributed by atoms with Crippen LogP contribution in [0.5, 0.6) is 0 Å². The Morgan fingerprint density at radius 3 is 2.43 bits per heavy atom. The fourth-order valence-corrected chi connectivity index (χ4v) is 3.54. The summed E-state index contributed by atoms with van der Waals surface area (Å²) in [6.45, 7) is 3.77. The minimum atomic E-state index is -0.210. The van der Waals surface area contributed by atoms with Gasteiger partial charge in [-0.1, -0.05) is 0 Å². The van der Waals surface area contributed by atoms with Gasteiger partial charge in [0, 0.05) is 19.3 Å². The van der Waals surface area contributed by atoms with Gasteiger partial charge in [-0.3, -0.25) is 9.59 Å². The molecular weight excluding hydrogens is 358 g/mol. The number of nitrogens with zero attached hydrogens (tertiary/aromatic N) is 1. The summed E-state index contributed by atoms with van der Waals surface area (Å²) in [5.41, 5.74) is 0.333. The highest BCUT2D eigenvalue weighted by molar-refractivity contribution is 9.10. The predicted molar refractivity (Wildman–Crippen MR) is 87.0 cm³/mol. The quantitative estimate of drug-likeness (QED) is 0.783. The van der Waals surface area contributed by atoms with Crippen molar-refractivity contribution in [1.82, 2.24) is 15.2 Å². The van der Waals surface area contributed by atoms with Crippen molar-refractivity contribution in [2.24, 2.45) is 11.8 Å². The molecule has 0 unspecified atom stereocenters. The Labute approximate surface area is 138 Å². The molecule has 0 aliphatic carbocycles. The Kier molecular flexibility index (Phi) is 5.46. The molecule has 2 aliphatic rings. The maximum Gasteiger partial charge on any atom is 0.262 e. The van der Waals surface area contributed by atoms with E-state index in [2.05, 4.69) is 26.2 Å². The number of halogens is 2. The van der Waals surface area contributed by atoms with Gasteiger partial charge in [0.05, 0.1) is 10.0 Å². The molecule has 2 saturated heterocycles. The number of carbonyl (C=O) groups excluding carboxylic acids is 1. The Balaban J connectivity index is 0.00000161. The van der Waals surface area contributed by atoms with Crippen molar-refractivity contribution >= 4 is 34.2 Å². The largest absolute Gasteiger partial charge is 0.339 e. The van der Waals surface area contributed by atoms with E-state index in [9.17, 15) is 9.59 Å². The maximum absolute atomic E-state index is 12.5. The molecule has 0 aromatic carbocycles. The van der Waals surface area contributed by atoms with Gasteiger partial charge in [0.2, 0.25) is 0 Å². The molecule has 0 bridgehead atoms. The van der Waals surface area contributed by atoms with Crippen LogP contribution >= 0.6 is 28.3 Å². The van der Waals surface area contributed by atoms with Crippen LogP contribution < -0.4 is 10.9 Å². The Morgan fingerprint density at radius 2 is 1.86 bits per heavy atom. The maximum atomic E-state index is 12.5. The lowest BCUT2D eigenvalue weighted by Gasteiger charge is -2.21. The molecule has 3 heterocycles. The summed E-state index contributed by atoms with van der Waals surface area (Å²) in [5.74, 6) is 1.42. The van der Waals surface area contributed by atoms with Gasteiger partial charge in [-0.05, 0) is 59.8 Å². The highest BCUT2D eigenvalue weighted by atomic mass is 79.9. The van der Waals surface area contributed by atoms with Crippen molar-refractivity contribution < 1.29 is 4.79 Å². The van der Waals surface area contributed by atoms with Crippen LogP contribution in [0.3, 0.4) is 0 Å². The molecular formula is C14H19BrClN3O2. The van der Waals surface area contributed by atoms with Gasteiger partial charge in [0.15, 0.2) is 0 Å². The van der Waals surface area contributed by atoms with Crippen LogP contribution in [-0.4, -0.2) is 42.0 Å². The second-order valence-corrected chi connectivity index (χ2v) is 6.47. The van der Waals surface area contributed by atoms with Crippen LogP contribution in [0.25, 0.3) is 0 Å². The fourth-order valence-electron chi connectivity index (χ4n) is 3.18. The monoisotopic (exact) mass is 375 g/mol. The van der Waals surface area contributed by atoms with E-state index in [0.717, 1.165) is 39.0 Å². The SMILES string of the molecule is Cl.O=C(c1c[nH]c(=O)c(Br)c1)N1CC[C@@H]2CNC[C@@H]2CC1. The summed E-state index contributed by atoms with van der Waals surface area (Å²) < 4.78 is 0.402. The summed E-state index contributed by atoms with van der Waals surface area (Å²) in [4.78, 5) is 28.3. The number of likely N-dealkylation sites (tertiary alicyclic amines) is 1. The molecule has 0 saturated carbocycles. The van der Waals surface area contributed by atoms with Crippen molar-refractivity contribution in [2.45, 2.75) is 12.8 Å². The number of amides is 1. The first kappa shape index (κ1) is 16.5. The summed E-state index contributed by atoms with van der Waals surface area (Å²) in [7, 11) is 0. The van der Waals surface area contributed by atoms with E-state index >= 15 is 0 Å². The molecule has 0 spiro atoms. The number of aromatic nitrogens is 1. The zero-order chi connectivity index (χ0) is 14.1. The lowest BCUT2D eigenvalue weighted by atomic mass is 9.92. The van der Waals surface area contributed by atoms with Crippen LogP contribution in [0.4, 0.5) is 0 Å². The Bertz CT molecular complexity index is 564. The Morgan fingerprint density at radius 1 is 1.24 bits per heavy atom. The average molecular weight is 377 g/mol. The van der Waals surface area contributed by atoms with Crippen molar-refractivity contribution in [3.63, 3.8) is 0 Å². The third-order valence-corrected chi connectivity index (χ3v) is 5.00. The summed E-state index contributed by atoms with van der Waals surface area (Å²) >= 11 is 3.17. The molecule has 2 atom stereocenters. The normalized spacial score (nSPS) is 24.9. The number of H-pyrrole nitrogens is 1. The van der Waals surface area contributed by atoms with E-state index < -0.39 is 0 Å². The van der Waals surface area contributed by atoms with E-state index in [4.69, 9.17) is 0 Å². The number of hydrogen-bond acceptors (Lipinski definition) is 3. The number of rotatable bonds is 1. The number of hydrogen-bond donors (Lipinski definition) is 2. The van der Waals surface area contributed by atoms with Crippen molar-refractivity contribution in [2.75, 3.05) is 26.2 Å². The molecule has 21 heavy (non-hydrogen) atoms. The van der Waals surface area contributed by atoms with Crippen LogP contribution in [-0.2, 0) is 0 Å². The number of aromatic amines is 1. The van der Waals surface area contributed by atoms with E-state index in [1.165, 1.54) is 6.20 Å². The molecule has 2 fully saturated rings. The molecule has 1 aromatic heterocycles. The second kappa shape index (κ2) is 6.94. The van der Waals surface area contributed by atoms with Crippen LogP contribution in [0.1, 0.15) is 23.2 Å². The van der Waals surface area contributed by atoms with Crippen LogP contribution in [0.2, 0.25) is 0 Å². The zero-order valence-corrected chi connectivity index (χ0v) is 14.0. The predicted octanol–water partition coefficient (Wildman–Crippen LogP) is 1.63.